The molecule has 2 aliphatic heterocycles. The maximum Gasteiger partial charge on any atom is 0.234 e. The first-order valence-corrected chi connectivity index (χ1v) is 8.21. The van der Waals surface area contributed by atoms with Crippen molar-refractivity contribution in [3.8, 4) is 6.07 Å². The van der Waals surface area contributed by atoms with Crippen molar-refractivity contribution in [1.82, 2.24) is 9.88 Å². The van der Waals surface area contributed by atoms with Gasteiger partial charge in [0.05, 0.1) is 19.2 Å². The zero-order valence-electron chi connectivity index (χ0n) is 13.6. The number of alkyl halides is 1. The highest BCUT2D eigenvalue weighted by atomic mass is 19.1. The summed E-state index contributed by atoms with van der Waals surface area (Å²) in [5, 5.41) is 18.4. The number of hydrogen-bond donors (Lipinski definition) is 1. The maximum absolute atomic E-state index is 13.5. The number of anilines is 1. The molecule has 0 aliphatic carbocycles. The Labute approximate surface area is 139 Å². The molecule has 0 aromatic carbocycles. The van der Waals surface area contributed by atoms with E-state index in [1.165, 1.54) is 4.90 Å². The van der Waals surface area contributed by atoms with Crippen molar-refractivity contribution in [3.05, 3.63) is 11.6 Å². The number of nitriles is 1. The maximum atomic E-state index is 13.5. The van der Waals surface area contributed by atoms with Gasteiger partial charge in [-0.25, -0.2) is 9.37 Å². The summed E-state index contributed by atoms with van der Waals surface area (Å²) in [6.07, 6.45) is 0.371. The lowest BCUT2D eigenvalue weighted by Crippen LogP contribution is -2.45. The molecular weight excluding hydrogens is 315 g/mol. The number of carbonyl (C=O) groups is 1. The molecule has 1 aromatic heterocycles. The number of rotatable bonds is 3. The van der Waals surface area contributed by atoms with Crippen LogP contribution in [0.2, 0.25) is 0 Å². The fraction of sp³-hybridized carbons (Fsp3) is 0.688. The number of aliphatic hydroxyl groups is 1. The van der Waals surface area contributed by atoms with E-state index in [1.807, 2.05) is 11.0 Å². The summed E-state index contributed by atoms with van der Waals surface area (Å²) in [7, 11) is 0. The van der Waals surface area contributed by atoms with E-state index in [-0.39, 0.29) is 37.1 Å². The Bertz CT molecular complexity index is 648. The first kappa shape index (κ1) is 16.7. The second kappa shape index (κ2) is 6.77. The summed E-state index contributed by atoms with van der Waals surface area (Å²) in [4.78, 5) is 20.1. The van der Waals surface area contributed by atoms with Crippen LogP contribution in [0.5, 0.6) is 0 Å². The molecule has 2 atom stereocenters. The molecule has 2 saturated heterocycles. The van der Waals surface area contributed by atoms with E-state index in [4.69, 9.17) is 9.68 Å². The lowest BCUT2D eigenvalue weighted by Gasteiger charge is -2.34. The van der Waals surface area contributed by atoms with Crippen molar-refractivity contribution in [2.75, 3.05) is 31.1 Å². The largest absolute Gasteiger partial charge is 0.424 e. The molecule has 2 aliphatic rings. The van der Waals surface area contributed by atoms with Crippen LogP contribution < -0.4 is 4.90 Å². The van der Waals surface area contributed by atoms with Gasteiger partial charge in [0.15, 0.2) is 5.89 Å². The van der Waals surface area contributed by atoms with Gasteiger partial charge in [0.25, 0.3) is 0 Å². The predicted octanol–water partition coefficient (Wildman–Crippen LogP) is 1.00. The molecule has 1 amide bonds. The topological polar surface area (TPSA) is 93.6 Å². The summed E-state index contributed by atoms with van der Waals surface area (Å²) in [6.45, 7) is 2.72. The monoisotopic (exact) mass is 336 g/mol. The van der Waals surface area contributed by atoms with Gasteiger partial charge in [-0.05, 0) is 12.8 Å². The van der Waals surface area contributed by atoms with Gasteiger partial charge in [0.1, 0.15) is 12.2 Å². The van der Waals surface area contributed by atoms with Crippen LogP contribution in [0.3, 0.4) is 0 Å². The SMILES string of the molecule is Cc1nc(C#N)c(N2CCC(C(=O)N3CC(F)CC3CO)CC2)o1. The van der Waals surface area contributed by atoms with Gasteiger partial charge in [-0.2, -0.15) is 5.26 Å². The third-order valence-corrected chi connectivity index (χ3v) is 4.81. The Morgan fingerprint density at radius 1 is 1.50 bits per heavy atom. The van der Waals surface area contributed by atoms with Crippen LogP contribution in [0.4, 0.5) is 10.3 Å². The van der Waals surface area contributed by atoms with E-state index in [9.17, 15) is 14.3 Å². The lowest BCUT2D eigenvalue weighted by atomic mass is 9.95. The Morgan fingerprint density at radius 2 is 2.21 bits per heavy atom. The van der Waals surface area contributed by atoms with Crippen molar-refractivity contribution >= 4 is 11.8 Å². The van der Waals surface area contributed by atoms with Gasteiger partial charge in [-0.15, -0.1) is 0 Å². The van der Waals surface area contributed by atoms with Gasteiger partial charge in [-0.3, -0.25) is 4.79 Å². The minimum Gasteiger partial charge on any atom is -0.424 e. The molecule has 0 saturated carbocycles. The first-order valence-electron chi connectivity index (χ1n) is 8.21. The predicted molar refractivity (Wildman–Crippen MR) is 83.0 cm³/mol. The summed E-state index contributed by atoms with van der Waals surface area (Å²) in [5.74, 6) is 0.633. The van der Waals surface area contributed by atoms with Gasteiger partial charge < -0.3 is 19.3 Å². The van der Waals surface area contributed by atoms with Crippen molar-refractivity contribution in [3.63, 3.8) is 0 Å². The van der Waals surface area contributed by atoms with Crippen molar-refractivity contribution in [2.24, 2.45) is 5.92 Å². The van der Waals surface area contributed by atoms with Crippen molar-refractivity contribution in [1.29, 1.82) is 5.26 Å². The number of halogens is 1. The number of oxazole rings is 1. The molecule has 130 valence electrons. The Balaban J connectivity index is 1.63. The van der Waals surface area contributed by atoms with E-state index in [2.05, 4.69) is 4.98 Å². The normalized spacial score (nSPS) is 25.1. The number of hydrogen-bond acceptors (Lipinski definition) is 6. The Kier molecular flexibility index (Phi) is 4.71. The molecule has 0 bridgehead atoms. The number of aliphatic hydroxyl groups excluding tert-OH is 1. The minimum absolute atomic E-state index is 0.0736. The molecular formula is C16H21FN4O3. The molecule has 0 spiro atoms. The van der Waals surface area contributed by atoms with Crippen LogP contribution in [0, 0.1) is 24.2 Å². The fourth-order valence-corrected chi connectivity index (χ4v) is 3.57. The van der Waals surface area contributed by atoms with E-state index < -0.39 is 12.2 Å². The number of piperidine rings is 1. The summed E-state index contributed by atoms with van der Waals surface area (Å²) < 4.78 is 19.0. The van der Waals surface area contributed by atoms with Crippen LogP contribution >= 0.6 is 0 Å². The summed E-state index contributed by atoms with van der Waals surface area (Å²) in [6, 6.07) is 1.61. The number of aromatic nitrogens is 1. The Hall–Kier alpha value is -2.14. The molecule has 0 radical (unpaired) electrons. The van der Waals surface area contributed by atoms with Crippen molar-refractivity contribution in [2.45, 2.75) is 38.4 Å². The van der Waals surface area contributed by atoms with Gasteiger partial charge in [0.2, 0.25) is 17.5 Å². The van der Waals surface area contributed by atoms with E-state index in [1.54, 1.807) is 6.92 Å². The molecule has 2 unspecified atom stereocenters. The summed E-state index contributed by atoms with van der Waals surface area (Å²) >= 11 is 0. The van der Waals surface area contributed by atoms with E-state index in [0.29, 0.717) is 37.7 Å². The third-order valence-electron chi connectivity index (χ3n) is 4.81. The van der Waals surface area contributed by atoms with E-state index in [0.717, 1.165) is 0 Å². The standard InChI is InChI=1S/C16H21FN4O3/c1-10-19-14(7-18)16(24-10)20-4-2-11(3-5-20)15(23)21-8-12(17)6-13(21)9-22/h11-13,22H,2-6,8-9H2,1H3. The highest BCUT2D eigenvalue weighted by Crippen LogP contribution is 2.30. The molecule has 1 aromatic rings. The average Bonchev–Trinajstić information content (AvgIpc) is 3.16. The van der Waals surface area contributed by atoms with Crippen LogP contribution in [0.25, 0.3) is 0 Å². The zero-order chi connectivity index (χ0) is 17.3. The molecule has 3 rings (SSSR count). The van der Waals surface area contributed by atoms with E-state index >= 15 is 0 Å². The van der Waals surface area contributed by atoms with Gasteiger partial charge in [-0.1, -0.05) is 0 Å². The van der Waals surface area contributed by atoms with Crippen LogP contribution in [-0.4, -0.2) is 59.4 Å². The molecule has 1 N–H and O–H groups in total. The lowest BCUT2D eigenvalue weighted by molar-refractivity contribution is -0.137. The molecule has 8 heteroatoms. The van der Waals surface area contributed by atoms with Crippen molar-refractivity contribution < 1.29 is 18.7 Å². The number of amides is 1. The minimum atomic E-state index is -1.05. The molecule has 3 heterocycles. The quantitative estimate of drug-likeness (QED) is 0.885. The van der Waals surface area contributed by atoms with Crippen LogP contribution in [0.15, 0.2) is 4.42 Å². The second-order valence-corrected chi connectivity index (χ2v) is 6.42. The number of nitrogens with zero attached hydrogens (tertiary/aromatic N) is 4. The second-order valence-electron chi connectivity index (χ2n) is 6.42. The number of carbonyl (C=O) groups excluding carboxylic acids is 1. The van der Waals surface area contributed by atoms with Crippen LogP contribution in [-0.2, 0) is 4.79 Å². The molecule has 7 nitrogen and oxygen atoms in total. The molecule has 24 heavy (non-hydrogen) atoms. The number of aryl methyl sites for hydroxylation is 1. The zero-order valence-corrected chi connectivity index (χ0v) is 13.6. The van der Waals surface area contributed by atoms with Crippen LogP contribution in [0.1, 0.15) is 30.8 Å². The van der Waals surface area contributed by atoms with Gasteiger partial charge in [0, 0.05) is 32.4 Å². The number of likely N-dealkylation sites (tertiary alicyclic amines) is 1. The Morgan fingerprint density at radius 3 is 2.83 bits per heavy atom. The molecule has 2 fully saturated rings. The fourth-order valence-electron chi connectivity index (χ4n) is 3.57. The highest BCUT2D eigenvalue weighted by Gasteiger charge is 2.39. The van der Waals surface area contributed by atoms with Gasteiger partial charge >= 0.3 is 0 Å². The first-order chi connectivity index (χ1) is 11.5. The smallest absolute Gasteiger partial charge is 0.234 e. The summed E-state index contributed by atoms with van der Waals surface area (Å²) in [5.41, 5.74) is 0.262. The third kappa shape index (κ3) is 3.08. The average molecular weight is 336 g/mol. The highest BCUT2D eigenvalue weighted by molar-refractivity contribution is 5.80.